The third-order valence-electron chi connectivity index (χ3n) is 5.08. The van der Waals surface area contributed by atoms with E-state index in [1.807, 2.05) is 6.92 Å². The van der Waals surface area contributed by atoms with Gasteiger partial charge in [0.1, 0.15) is 5.54 Å². The van der Waals surface area contributed by atoms with Crippen LogP contribution in [0.1, 0.15) is 39.5 Å². The molecule has 120 valence electrons. The van der Waals surface area contributed by atoms with Crippen molar-refractivity contribution in [2.45, 2.75) is 45.1 Å². The number of carbonyl (C=O) groups excluding carboxylic acids is 1. The van der Waals surface area contributed by atoms with E-state index in [4.69, 9.17) is 0 Å². The lowest BCUT2D eigenvalue weighted by Gasteiger charge is -2.34. The number of carboxylic acids is 1. The molecule has 0 radical (unpaired) electrons. The zero-order chi connectivity index (χ0) is 15.5. The van der Waals surface area contributed by atoms with E-state index >= 15 is 0 Å². The van der Waals surface area contributed by atoms with Gasteiger partial charge in [0.2, 0.25) is 0 Å². The summed E-state index contributed by atoms with van der Waals surface area (Å²) in [5.41, 5.74) is -1.00. The highest BCUT2D eigenvalue weighted by Gasteiger charge is 2.48. The van der Waals surface area contributed by atoms with Gasteiger partial charge in [0.15, 0.2) is 0 Å². The minimum atomic E-state index is -1.00. The summed E-state index contributed by atoms with van der Waals surface area (Å²) in [6, 6.07) is -0.216. The summed E-state index contributed by atoms with van der Waals surface area (Å²) < 4.78 is 0. The topological polar surface area (TPSA) is 72.9 Å². The van der Waals surface area contributed by atoms with Crippen molar-refractivity contribution < 1.29 is 14.7 Å². The Morgan fingerprint density at radius 2 is 2.10 bits per heavy atom. The SMILES string of the molecule is CCN1CCC(CNC(=O)N2CCCC2(CC)C(=O)O)C1. The van der Waals surface area contributed by atoms with Crippen LogP contribution in [0.15, 0.2) is 0 Å². The van der Waals surface area contributed by atoms with E-state index in [9.17, 15) is 14.7 Å². The second-order valence-electron chi connectivity index (χ2n) is 6.18. The second kappa shape index (κ2) is 6.64. The van der Waals surface area contributed by atoms with Crippen LogP contribution in [0, 0.1) is 5.92 Å². The van der Waals surface area contributed by atoms with Crippen LogP contribution in [0.25, 0.3) is 0 Å². The number of hydrogen-bond donors (Lipinski definition) is 2. The molecule has 21 heavy (non-hydrogen) atoms. The number of nitrogens with zero attached hydrogens (tertiary/aromatic N) is 2. The molecule has 6 heteroatoms. The average molecular weight is 297 g/mol. The fourth-order valence-electron chi connectivity index (χ4n) is 3.61. The van der Waals surface area contributed by atoms with E-state index in [0.29, 0.717) is 31.8 Å². The largest absolute Gasteiger partial charge is 0.479 e. The fourth-order valence-corrected chi connectivity index (χ4v) is 3.61. The molecule has 2 saturated heterocycles. The molecule has 2 unspecified atom stereocenters. The normalized spacial score (nSPS) is 29.8. The smallest absolute Gasteiger partial charge is 0.329 e. The van der Waals surface area contributed by atoms with Crippen molar-refractivity contribution in [3.8, 4) is 0 Å². The Labute approximate surface area is 126 Å². The van der Waals surface area contributed by atoms with Gasteiger partial charge in [-0.3, -0.25) is 0 Å². The summed E-state index contributed by atoms with van der Waals surface area (Å²) >= 11 is 0. The molecule has 2 aliphatic rings. The van der Waals surface area contributed by atoms with E-state index in [2.05, 4.69) is 17.1 Å². The van der Waals surface area contributed by atoms with Gasteiger partial charge in [-0.25, -0.2) is 9.59 Å². The first-order valence-electron chi connectivity index (χ1n) is 8.04. The van der Waals surface area contributed by atoms with E-state index in [1.165, 1.54) is 4.90 Å². The van der Waals surface area contributed by atoms with E-state index < -0.39 is 11.5 Å². The van der Waals surface area contributed by atoms with Gasteiger partial charge in [0.05, 0.1) is 0 Å². The van der Waals surface area contributed by atoms with Crippen LogP contribution < -0.4 is 5.32 Å². The molecule has 2 aliphatic heterocycles. The summed E-state index contributed by atoms with van der Waals surface area (Å²) in [6.07, 6.45) is 2.88. The summed E-state index contributed by atoms with van der Waals surface area (Å²) in [6.45, 7) is 8.34. The lowest BCUT2D eigenvalue weighted by atomic mass is 9.93. The second-order valence-corrected chi connectivity index (χ2v) is 6.18. The van der Waals surface area contributed by atoms with E-state index in [-0.39, 0.29) is 6.03 Å². The molecule has 0 saturated carbocycles. The molecule has 0 aromatic heterocycles. The van der Waals surface area contributed by atoms with Crippen molar-refractivity contribution in [2.75, 3.05) is 32.7 Å². The Morgan fingerprint density at radius 3 is 2.67 bits per heavy atom. The number of aliphatic carboxylic acids is 1. The van der Waals surface area contributed by atoms with Crippen molar-refractivity contribution in [3.05, 3.63) is 0 Å². The zero-order valence-corrected chi connectivity index (χ0v) is 13.1. The van der Waals surface area contributed by atoms with Gasteiger partial charge in [-0.05, 0) is 44.7 Å². The zero-order valence-electron chi connectivity index (χ0n) is 13.1. The molecule has 2 N–H and O–H groups in total. The first-order valence-corrected chi connectivity index (χ1v) is 8.04. The quantitative estimate of drug-likeness (QED) is 0.804. The van der Waals surface area contributed by atoms with Crippen molar-refractivity contribution in [3.63, 3.8) is 0 Å². The highest BCUT2D eigenvalue weighted by molar-refractivity contribution is 5.87. The maximum atomic E-state index is 12.4. The Morgan fingerprint density at radius 1 is 1.33 bits per heavy atom. The number of rotatable bonds is 5. The third kappa shape index (κ3) is 3.15. The van der Waals surface area contributed by atoms with Crippen LogP contribution in [0.3, 0.4) is 0 Å². The van der Waals surface area contributed by atoms with Crippen molar-refractivity contribution in [1.29, 1.82) is 0 Å². The standard InChI is InChI=1S/C15H27N3O3/c1-3-15(13(19)20)7-5-8-18(15)14(21)16-10-12-6-9-17(4-2)11-12/h12H,3-11H2,1-2H3,(H,16,21)(H,19,20). The number of hydrogen-bond acceptors (Lipinski definition) is 3. The minimum absolute atomic E-state index is 0.216. The van der Waals surface area contributed by atoms with Gasteiger partial charge in [-0.15, -0.1) is 0 Å². The molecule has 0 aromatic rings. The molecule has 0 spiro atoms. The molecule has 0 aliphatic carbocycles. The molecule has 6 nitrogen and oxygen atoms in total. The molecular weight excluding hydrogens is 270 g/mol. The van der Waals surface area contributed by atoms with Crippen LogP contribution in [-0.4, -0.2) is 65.2 Å². The number of carbonyl (C=O) groups is 2. The highest BCUT2D eigenvalue weighted by atomic mass is 16.4. The van der Waals surface area contributed by atoms with Crippen molar-refractivity contribution >= 4 is 12.0 Å². The first kappa shape index (κ1) is 16.1. The summed E-state index contributed by atoms with van der Waals surface area (Å²) in [5.74, 6) is -0.395. The van der Waals surface area contributed by atoms with E-state index in [1.54, 1.807) is 0 Å². The molecular formula is C15H27N3O3. The molecule has 2 fully saturated rings. The lowest BCUT2D eigenvalue weighted by molar-refractivity contribution is -0.148. The van der Waals surface area contributed by atoms with Crippen LogP contribution in [0.5, 0.6) is 0 Å². The number of likely N-dealkylation sites (tertiary alicyclic amines) is 2. The maximum Gasteiger partial charge on any atom is 0.329 e. The molecule has 2 atom stereocenters. The van der Waals surface area contributed by atoms with Gasteiger partial charge in [0.25, 0.3) is 0 Å². The van der Waals surface area contributed by atoms with Crippen LogP contribution in [-0.2, 0) is 4.79 Å². The highest BCUT2D eigenvalue weighted by Crippen LogP contribution is 2.32. The Balaban J connectivity index is 1.89. The minimum Gasteiger partial charge on any atom is -0.479 e. The number of urea groups is 1. The fraction of sp³-hybridized carbons (Fsp3) is 0.867. The molecule has 0 bridgehead atoms. The first-order chi connectivity index (χ1) is 10.0. The van der Waals surface area contributed by atoms with E-state index in [0.717, 1.165) is 32.5 Å². The monoisotopic (exact) mass is 297 g/mol. The lowest BCUT2D eigenvalue weighted by Crippen LogP contribution is -2.56. The number of nitrogens with one attached hydrogen (secondary N) is 1. The predicted molar refractivity (Wildman–Crippen MR) is 80.2 cm³/mol. The molecule has 0 aromatic carbocycles. The van der Waals surface area contributed by atoms with Gasteiger partial charge in [-0.1, -0.05) is 13.8 Å². The number of carboxylic acid groups (broad SMARTS) is 1. The molecule has 2 amide bonds. The molecule has 2 heterocycles. The number of amides is 2. The summed E-state index contributed by atoms with van der Waals surface area (Å²) in [7, 11) is 0. The van der Waals surface area contributed by atoms with Gasteiger partial charge < -0.3 is 20.2 Å². The van der Waals surface area contributed by atoms with Crippen molar-refractivity contribution in [1.82, 2.24) is 15.1 Å². The van der Waals surface area contributed by atoms with Gasteiger partial charge in [0, 0.05) is 19.6 Å². The Kier molecular flexibility index (Phi) is 5.08. The third-order valence-corrected chi connectivity index (χ3v) is 5.08. The summed E-state index contributed by atoms with van der Waals surface area (Å²) in [5, 5.41) is 12.5. The van der Waals surface area contributed by atoms with Crippen LogP contribution in [0.2, 0.25) is 0 Å². The Bertz CT molecular complexity index is 402. The van der Waals surface area contributed by atoms with Crippen LogP contribution >= 0.6 is 0 Å². The van der Waals surface area contributed by atoms with Gasteiger partial charge >= 0.3 is 12.0 Å². The van der Waals surface area contributed by atoms with Gasteiger partial charge in [-0.2, -0.15) is 0 Å². The predicted octanol–water partition coefficient (Wildman–Crippen LogP) is 1.37. The van der Waals surface area contributed by atoms with Crippen LogP contribution in [0.4, 0.5) is 4.79 Å². The maximum absolute atomic E-state index is 12.4. The Hall–Kier alpha value is -1.30. The average Bonchev–Trinajstić information content (AvgIpc) is 3.11. The molecule has 2 rings (SSSR count). The van der Waals surface area contributed by atoms with Crippen molar-refractivity contribution in [2.24, 2.45) is 5.92 Å². The summed E-state index contributed by atoms with van der Waals surface area (Å²) in [4.78, 5) is 27.9.